The second-order valence-corrected chi connectivity index (χ2v) is 8.74. The van der Waals surface area contributed by atoms with Gasteiger partial charge in [-0.15, -0.1) is 0 Å². The van der Waals surface area contributed by atoms with Crippen LogP contribution < -0.4 is 4.90 Å². The molecule has 1 aliphatic heterocycles. The third-order valence-electron chi connectivity index (χ3n) is 6.05. The van der Waals surface area contributed by atoms with E-state index >= 15 is 0 Å². The predicted molar refractivity (Wildman–Crippen MR) is 118 cm³/mol. The Hall–Kier alpha value is -2.57. The van der Waals surface area contributed by atoms with Gasteiger partial charge in [0.1, 0.15) is 5.82 Å². The first kappa shape index (κ1) is 22.6. The first-order valence-electron chi connectivity index (χ1n) is 10.2. The Morgan fingerprint density at radius 3 is 2.50 bits per heavy atom. The fraction of sp³-hybridized carbons (Fsp3) is 0.280. The van der Waals surface area contributed by atoms with Crippen molar-refractivity contribution in [1.29, 1.82) is 0 Å². The molecule has 0 radical (unpaired) electrons. The molecular weight excluding hydrogens is 442 g/mol. The monoisotopic (exact) mass is 463 g/mol. The third kappa shape index (κ3) is 4.21. The van der Waals surface area contributed by atoms with Crippen LogP contribution in [0.5, 0.6) is 0 Å². The number of anilines is 1. The molecule has 7 heteroatoms. The minimum atomic E-state index is -4.73. The molecular formula is C25H22ClF4NO. The number of halogens is 5. The summed E-state index contributed by atoms with van der Waals surface area (Å²) in [6, 6.07) is 19.6. The molecule has 0 amide bonds. The van der Waals surface area contributed by atoms with Crippen LogP contribution in [0.2, 0.25) is 5.02 Å². The number of β-amino-alcohol motifs (C(OH)–C–C–N with tert-alkyl or cyclic N) is 1. The van der Waals surface area contributed by atoms with Gasteiger partial charge < -0.3 is 10.0 Å². The summed E-state index contributed by atoms with van der Waals surface area (Å²) in [5.41, 5.74) is 3.43. The number of alkyl halides is 3. The number of aryl methyl sites for hydroxylation is 1. The van der Waals surface area contributed by atoms with Crippen molar-refractivity contribution in [3.8, 4) is 0 Å². The maximum atomic E-state index is 14.0. The zero-order chi connectivity index (χ0) is 23.1. The van der Waals surface area contributed by atoms with Gasteiger partial charge in [-0.3, -0.25) is 0 Å². The van der Waals surface area contributed by atoms with Crippen LogP contribution >= 0.6 is 11.6 Å². The fourth-order valence-corrected chi connectivity index (χ4v) is 4.77. The summed E-state index contributed by atoms with van der Waals surface area (Å²) >= 11 is 6.11. The number of nitrogens with zero attached hydrogens (tertiary/aromatic N) is 1. The molecule has 0 fully saturated rings. The lowest BCUT2D eigenvalue weighted by atomic mass is 9.71. The number of hydrogen-bond acceptors (Lipinski definition) is 2. The van der Waals surface area contributed by atoms with Gasteiger partial charge in [-0.1, -0.05) is 65.7 Å². The van der Waals surface area contributed by atoms with Gasteiger partial charge in [-0.25, -0.2) is 4.39 Å². The standard InChI is InChI=1S/C25H22ClF4NO/c1-16-5-4-6-17(11-16)13-24(18-9-10-21(27)20(26)12-18)15-31(14-23(32)25(28,29)30)22-8-3-2-7-19(22)24/h2-12,23,32H,13-15H2,1H3/t23-,24?/m1/s1. The molecule has 1 heterocycles. The highest BCUT2D eigenvalue weighted by Gasteiger charge is 2.47. The normalized spacial score (nSPS) is 19.2. The van der Waals surface area contributed by atoms with Crippen LogP contribution in [0.25, 0.3) is 0 Å². The third-order valence-corrected chi connectivity index (χ3v) is 6.34. The Morgan fingerprint density at radius 1 is 1.06 bits per heavy atom. The molecule has 0 saturated carbocycles. The highest BCUT2D eigenvalue weighted by molar-refractivity contribution is 6.30. The first-order chi connectivity index (χ1) is 15.1. The van der Waals surface area contributed by atoms with Gasteiger partial charge >= 0.3 is 6.18 Å². The average Bonchev–Trinajstić information content (AvgIpc) is 3.04. The molecule has 0 spiro atoms. The number of aliphatic hydroxyl groups excluding tert-OH is 1. The van der Waals surface area contributed by atoms with Gasteiger partial charge in [0.15, 0.2) is 6.10 Å². The van der Waals surface area contributed by atoms with Crippen LogP contribution in [0.4, 0.5) is 23.2 Å². The minimum absolute atomic E-state index is 0.0441. The molecule has 3 aromatic rings. The smallest absolute Gasteiger partial charge is 0.382 e. The Bertz CT molecular complexity index is 1130. The summed E-state index contributed by atoms with van der Waals surface area (Å²) in [5.74, 6) is -0.559. The van der Waals surface area contributed by atoms with E-state index in [-0.39, 0.29) is 11.6 Å². The topological polar surface area (TPSA) is 23.5 Å². The van der Waals surface area contributed by atoms with Crippen LogP contribution in [0, 0.1) is 12.7 Å². The summed E-state index contributed by atoms with van der Waals surface area (Å²) in [6.45, 7) is 1.57. The largest absolute Gasteiger partial charge is 0.416 e. The summed E-state index contributed by atoms with van der Waals surface area (Å²) in [5, 5.41) is 9.74. The van der Waals surface area contributed by atoms with E-state index in [1.165, 1.54) is 6.07 Å². The van der Waals surface area contributed by atoms with Crippen molar-refractivity contribution in [2.24, 2.45) is 0 Å². The number of benzene rings is 3. The quantitative estimate of drug-likeness (QED) is 0.465. The Balaban J connectivity index is 1.86. The number of fused-ring (bicyclic) bond motifs is 1. The van der Waals surface area contributed by atoms with E-state index in [0.29, 0.717) is 17.7 Å². The molecule has 3 aromatic carbocycles. The zero-order valence-electron chi connectivity index (χ0n) is 17.3. The Morgan fingerprint density at radius 2 is 1.81 bits per heavy atom. The lowest BCUT2D eigenvalue weighted by Crippen LogP contribution is -2.44. The van der Waals surface area contributed by atoms with E-state index in [1.54, 1.807) is 29.2 Å². The molecule has 32 heavy (non-hydrogen) atoms. The van der Waals surface area contributed by atoms with Gasteiger partial charge in [0.2, 0.25) is 0 Å². The van der Waals surface area contributed by atoms with Crippen molar-refractivity contribution in [2.45, 2.75) is 31.0 Å². The number of para-hydroxylation sites is 1. The highest BCUT2D eigenvalue weighted by atomic mass is 35.5. The van der Waals surface area contributed by atoms with Gasteiger partial charge in [0.05, 0.1) is 11.6 Å². The summed E-state index contributed by atoms with van der Waals surface area (Å²) in [6.07, 6.45) is -6.73. The fourth-order valence-electron chi connectivity index (χ4n) is 4.59. The van der Waals surface area contributed by atoms with Gasteiger partial charge in [-0.2, -0.15) is 13.2 Å². The molecule has 0 aliphatic carbocycles. The van der Waals surface area contributed by atoms with Crippen molar-refractivity contribution in [3.63, 3.8) is 0 Å². The zero-order valence-corrected chi connectivity index (χ0v) is 18.1. The average molecular weight is 464 g/mol. The van der Waals surface area contributed by atoms with Crippen molar-refractivity contribution in [1.82, 2.24) is 0 Å². The minimum Gasteiger partial charge on any atom is -0.382 e. The van der Waals surface area contributed by atoms with Crippen molar-refractivity contribution in [2.75, 3.05) is 18.0 Å². The second kappa shape index (κ2) is 8.41. The van der Waals surface area contributed by atoms with E-state index in [0.717, 1.165) is 16.7 Å². The van der Waals surface area contributed by atoms with E-state index in [2.05, 4.69) is 0 Å². The maximum absolute atomic E-state index is 14.0. The lowest BCUT2D eigenvalue weighted by molar-refractivity contribution is -0.200. The van der Waals surface area contributed by atoms with E-state index in [1.807, 2.05) is 43.3 Å². The summed E-state index contributed by atoms with van der Waals surface area (Å²) < 4.78 is 53.4. The van der Waals surface area contributed by atoms with Gasteiger partial charge in [0, 0.05) is 17.6 Å². The lowest BCUT2D eigenvalue weighted by Gasteiger charge is -2.33. The second-order valence-electron chi connectivity index (χ2n) is 8.33. The molecule has 1 aliphatic rings. The molecule has 0 bridgehead atoms. The molecule has 2 nitrogen and oxygen atoms in total. The molecule has 0 saturated heterocycles. The van der Waals surface area contributed by atoms with Gasteiger partial charge in [-0.05, 0) is 48.2 Å². The van der Waals surface area contributed by atoms with Crippen LogP contribution in [-0.2, 0) is 11.8 Å². The molecule has 4 rings (SSSR count). The molecule has 1 unspecified atom stereocenters. The summed E-state index contributed by atoms with van der Waals surface area (Å²) in [7, 11) is 0. The number of aliphatic hydroxyl groups is 1. The highest BCUT2D eigenvalue weighted by Crippen LogP contribution is 2.48. The first-order valence-corrected chi connectivity index (χ1v) is 10.6. The Labute approximate surface area is 189 Å². The number of rotatable bonds is 5. The van der Waals surface area contributed by atoms with Crippen molar-refractivity contribution in [3.05, 3.63) is 99.8 Å². The van der Waals surface area contributed by atoms with E-state index in [4.69, 9.17) is 11.6 Å². The molecule has 1 N–H and O–H groups in total. The Kier molecular flexibility index (Phi) is 5.94. The maximum Gasteiger partial charge on any atom is 0.416 e. The van der Waals surface area contributed by atoms with Crippen molar-refractivity contribution >= 4 is 17.3 Å². The molecule has 168 valence electrons. The van der Waals surface area contributed by atoms with Crippen LogP contribution in [0.1, 0.15) is 22.3 Å². The van der Waals surface area contributed by atoms with Gasteiger partial charge in [0.25, 0.3) is 0 Å². The van der Waals surface area contributed by atoms with Crippen molar-refractivity contribution < 1.29 is 22.7 Å². The van der Waals surface area contributed by atoms with Crippen LogP contribution in [0.3, 0.4) is 0 Å². The molecule has 0 aromatic heterocycles. The van der Waals surface area contributed by atoms with E-state index in [9.17, 15) is 22.7 Å². The summed E-state index contributed by atoms with van der Waals surface area (Å²) in [4.78, 5) is 1.56. The SMILES string of the molecule is Cc1cccc(CC2(c3ccc(F)c(Cl)c3)CN(C[C@@H](O)C(F)(F)F)c3ccccc32)c1. The predicted octanol–water partition coefficient (Wildman–Crippen LogP) is 6.06. The van der Waals surface area contributed by atoms with Crippen LogP contribution in [0.15, 0.2) is 66.7 Å². The van der Waals surface area contributed by atoms with Crippen LogP contribution in [-0.4, -0.2) is 30.5 Å². The van der Waals surface area contributed by atoms with E-state index < -0.39 is 30.1 Å². The number of hydrogen-bond donors (Lipinski definition) is 1. The molecule has 2 atom stereocenters.